The first-order valence-electron chi connectivity index (χ1n) is 6.71. The van der Waals surface area contributed by atoms with Gasteiger partial charge >= 0.3 is 0 Å². The number of nitrogens with one attached hydrogen (secondary N) is 1. The maximum absolute atomic E-state index is 11.9. The smallest absolute Gasteiger partial charge is 0.251 e. The lowest BCUT2D eigenvalue weighted by molar-refractivity contribution is 0.0951. The van der Waals surface area contributed by atoms with Gasteiger partial charge in [-0.05, 0) is 63.1 Å². The van der Waals surface area contributed by atoms with Crippen LogP contribution in [0.1, 0.15) is 34.6 Å². The first kappa shape index (κ1) is 12.0. The first-order valence-corrected chi connectivity index (χ1v) is 6.71. The predicted molar refractivity (Wildman–Crippen MR) is 75.7 cm³/mol. The Balaban J connectivity index is 1.84. The van der Waals surface area contributed by atoms with E-state index < -0.39 is 0 Å². The molecule has 3 rings (SSSR count). The number of aromatic nitrogens is 1. The summed E-state index contributed by atoms with van der Waals surface area (Å²) in [5.74, 6) is 0.0370. The topological polar surface area (TPSA) is 34.0 Å². The summed E-state index contributed by atoms with van der Waals surface area (Å²) in [6.45, 7) is 4.17. The average molecular weight is 254 g/mol. The lowest BCUT2D eigenvalue weighted by Crippen LogP contribution is -2.25. The van der Waals surface area contributed by atoms with Crippen LogP contribution in [-0.2, 0) is 0 Å². The molecule has 0 saturated heterocycles. The molecule has 0 spiro atoms. The Morgan fingerprint density at radius 3 is 2.16 bits per heavy atom. The number of amides is 1. The van der Waals surface area contributed by atoms with Gasteiger partial charge in [-0.2, -0.15) is 0 Å². The third-order valence-electron chi connectivity index (χ3n) is 3.57. The standard InChI is InChI=1S/C16H18N2O/c1-11-3-4-12(2)18(11)15-9-5-13(6-10-15)16(19)17-14-7-8-14/h3-6,9-10,14H,7-8H2,1-2H3,(H,17,19). The second kappa shape index (κ2) is 4.57. The number of nitrogens with zero attached hydrogens (tertiary/aromatic N) is 1. The molecule has 1 aromatic heterocycles. The number of benzene rings is 1. The van der Waals surface area contributed by atoms with Gasteiger partial charge in [0.15, 0.2) is 0 Å². The average Bonchev–Trinajstić information content (AvgIpc) is 3.15. The highest BCUT2D eigenvalue weighted by Gasteiger charge is 2.23. The van der Waals surface area contributed by atoms with E-state index >= 15 is 0 Å². The summed E-state index contributed by atoms with van der Waals surface area (Å²) in [6.07, 6.45) is 2.23. The SMILES string of the molecule is Cc1ccc(C)n1-c1ccc(C(=O)NC2CC2)cc1. The maximum Gasteiger partial charge on any atom is 0.251 e. The van der Waals surface area contributed by atoms with Crippen molar-refractivity contribution in [1.29, 1.82) is 0 Å². The van der Waals surface area contributed by atoms with Crippen molar-refractivity contribution in [3.8, 4) is 5.69 Å². The van der Waals surface area contributed by atoms with Gasteiger partial charge in [0.2, 0.25) is 0 Å². The van der Waals surface area contributed by atoms with Crippen LogP contribution < -0.4 is 5.32 Å². The van der Waals surface area contributed by atoms with Crippen molar-refractivity contribution in [1.82, 2.24) is 9.88 Å². The fourth-order valence-corrected chi connectivity index (χ4v) is 2.33. The highest BCUT2D eigenvalue weighted by molar-refractivity contribution is 5.94. The van der Waals surface area contributed by atoms with Crippen LogP contribution in [0.5, 0.6) is 0 Å². The quantitative estimate of drug-likeness (QED) is 0.897. The van der Waals surface area contributed by atoms with Crippen LogP contribution in [0.4, 0.5) is 0 Å². The summed E-state index contributed by atoms with van der Waals surface area (Å²) in [5.41, 5.74) is 4.24. The zero-order valence-corrected chi connectivity index (χ0v) is 11.3. The molecule has 3 nitrogen and oxygen atoms in total. The van der Waals surface area contributed by atoms with E-state index in [2.05, 4.69) is 35.9 Å². The molecule has 98 valence electrons. The van der Waals surface area contributed by atoms with E-state index in [1.807, 2.05) is 24.3 Å². The summed E-state index contributed by atoms with van der Waals surface area (Å²) in [7, 11) is 0. The molecular weight excluding hydrogens is 236 g/mol. The fourth-order valence-electron chi connectivity index (χ4n) is 2.33. The highest BCUT2D eigenvalue weighted by Crippen LogP contribution is 2.20. The van der Waals surface area contributed by atoms with Gasteiger partial charge in [-0.25, -0.2) is 0 Å². The second-order valence-corrected chi connectivity index (χ2v) is 5.25. The van der Waals surface area contributed by atoms with Gasteiger partial charge in [0.25, 0.3) is 5.91 Å². The third kappa shape index (κ3) is 2.41. The van der Waals surface area contributed by atoms with Gasteiger partial charge in [0.05, 0.1) is 0 Å². The lowest BCUT2D eigenvalue weighted by atomic mass is 10.2. The number of carbonyl (C=O) groups excluding carboxylic acids is 1. The number of rotatable bonds is 3. The van der Waals surface area contributed by atoms with Crippen molar-refractivity contribution in [3.63, 3.8) is 0 Å². The zero-order chi connectivity index (χ0) is 13.4. The van der Waals surface area contributed by atoms with Gasteiger partial charge in [0.1, 0.15) is 0 Å². The maximum atomic E-state index is 11.9. The van der Waals surface area contributed by atoms with Crippen LogP contribution >= 0.6 is 0 Å². The molecule has 1 heterocycles. The van der Waals surface area contributed by atoms with Crippen LogP contribution in [-0.4, -0.2) is 16.5 Å². The Morgan fingerprint density at radius 1 is 1.05 bits per heavy atom. The molecule has 1 amide bonds. The van der Waals surface area contributed by atoms with Crippen LogP contribution in [0.15, 0.2) is 36.4 Å². The summed E-state index contributed by atoms with van der Waals surface area (Å²) in [6, 6.07) is 12.4. The summed E-state index contributed by atoms with van der Waals surface area (Å²) in [5, 5.41) is 3.00. The normalized spacial score (nSPS) is 14.4. The van der Waals surface area contributed by atoms with Gasteiger partial charge in [-0.1, -0.05) is 0 Å². The molecule has 3 heteroatoms. The van der Waals surface area contributed by atoms with Crippen LogP contribution in [0, 0.1) is 13.8 Å². The molecule has 19 heavy (non-hydrogen) atoms. The van der Waals surface area contributed by atoms with E-state index in [1.54, 1.807) is 0 Å². The van der Waals surface area contributed by atoms with Gasteiger partial charge < -0.3 is 9.88 Å². The molecule has 1 aliphatic carbocycles. The Morgan fingerprint density at radius 2 is 1.63 bits per heavy atom. The molecule has 1 aliphatic rings. The molecule has 1 aromatic carbocycles. The number of aryl methyl sites for hydroxylation is 2. The van der Waals surface area contributed by atoms with Gasteiger partial charge in [0, 0.05) is 28.7 Å². The molecule has 1 fully saturated rings. The minimum atomic E-state index is 0.0370. The monoisotopic (exact) mass is 254 g/mol. The van der Waals surface area contributed by atoms with Crippen molar-refractivity contribution >= 4 is 5.91 Å². The molecule has 0 radical (unpaired) electrons. The minimum Gasteiger partial charge on any atom is -0.349 e. The molecule has 0 unspecified atom stereocenters. The highest BCUT2D eigenvalue weighted by atomic mass is 16.1. The molecule has 1 saturated carbocycles. The zero-order valence-electron chi connectivity index (χ0n) is 11.3. The Bertz CT molecular complexity index is 587. The summed E-state index contributed by atoms with van der Waals surface area (Å²) < 4.78 is 2.18. The van der Waals surface area contributed by atoms with Crippen molar-refractivity contribution in [3.05, 3.63) is 53.3 Å². The number of hydrogen-bond donors (Lipinski definition) is 1. The van der Waals surface area contributed by atoms with Gasteiger partial charge in [-0.3, -0.25) is 4.79 Å². The Labute approximate surface area is 113 Å². The summed E-state index contributed by atoms with van der Waals surface area (Å²) >= 11 is 0. The first-order chi connectivity index (χ1) is 9.15. The predicted octanol–water partition coefficient (Wildman–Crippen LogP) is 2.99. The summed E-state index contributed by atoms with van der Waals surface area (Å²) in [4.78, 5) is 11.9. The molecule has 2 aromatic rings. The molecular formula is C16H18N2O. The van der Waals surface area contributed by atoms with E-state index in [9.17, 15) is 4.79 Å². The van der Waals surface area contributed by atoms with E-state index in [0.717, 1.165) is 24.1 Å². The van der Waals surface area contributed by atoms with Crippen LogP contribution in [0.3, 0.4) is 0 Å². The Kier molecular flexibility index (Phi) is 2.90. The van der Waals surface area contributed by atoms with E-state index in [0.29, 0.717) is 6.04 Å². The van der Waals surface area contributed by atoms with E-state index in [1.165, 1.54) is 11.4 Å². The largest absolute Gasteiger partial charge is 0.349 e. The number of hydrogen-bond acceptors (Lipinski definition) is 1. The lowest BCUT2D eigenvalue weighted by Gasteiger charge is -2.10. The van der Waals surface area contributed by atoms with Crippen LogP contribution in [0.2, 0.25) is 0 Å². The number of carbonyl (C=O) groups is 1. The van der Waals surface area contributed by atoms with Crippen molar-refractivity contribution < 1.29 is 4.79 Å². The van der Waals surface area contributed by atoms with E-state index in [4.69, 9.17) is 0 Å². The fraction of sp³-hybridized carbons (Fsp3) is 0.312. The molecule has 0 atom stereocenters. The minimum absolute atomic E-state index is 0.0370. The molecule has 1 N–H and O–H groups in total. The van der Waals surface area contributed by atoms with Crippen LogP contribution in [0.25, 0.3) is 5.69 Å². The van der Waals surface area contributed by atoms with Gasteiger partial charge in [-0.15, -0.1) is 0 Å². The third-order valence-corrected chi connectivity index (χ3v) is 3.57. The molecule has 0 bridgehead atoms. The molecule has 0 aliphatic heterocycles. The van der Waals surface area contributed by atoms with Crippen molar-refractivity contribution in [2.75, 3.05) is 0 Å². The van der Waals surface area contributed by atoms with E-state index in [-0.39, 0.29) is 5.91 Å². The van der Waals surface area contributed by atoms with Crippen molar-refractivity contribution in [2.24, 2.45) is 0 Å². The second-order valence-electron chi connectivity index (χ2n) is 5.25. The van der Waals surface area contributed by atoms with Crippen molar-refractivity contribution in [2.45, 2.75) is 32.7 Å². The Hall–Kier alpha value is -2.03.